The quantitative estimate of drug-likeness (QED) is 0.820. The third kappa shape index (κ3) is 2.47. The van der Waals surface area contributed by atoms with E-state index in [2.05, 4.69) is 5.32 Å². The first-order valence-corrected chi connectivity index (χ1v) is 4.34. The van der Waals surface area contributed by atoms with E-state index in [4.69, 9.17) is 9.84 Å². The van der Waals surface area contributed by atoms with Crippen molar-refractivity contribution in [3.63, 3.8) is 0 Å². The monoisotopic (exact) mass is 227 g/mol. The predicted molar refractivity (Wildman–Crippen MR) is 54.2 cm³/mol. The molecule has 16 heavy (non-hydrogen) atoms. The highest BCUT2D eigenvalue weighted by molar-refractivity contribution is 5.94. The van der Waals surface area contributed by atoms with E-state index in [0.717, 1.165) is 12.1 Å². The fraction of sp³-hybridized carbons (Fsp3) is 0.200. The number of aromatic carboxylic acids is 1. The highest BCUT2D eigenvalue weighted by Crippen LogP contribution is 2.26. The van der Waals surface area contributed by atoms with Crippen molar-refractivity contribution in [3.8, 4) is 5.75 Å². The second kappa shape index (κ2) is 4.61. The van der Waals surface area contributed by atoms with Crippen molar-refractivity contribution in [2.45, 2.75) is 6.92 Å². The lowest BCUT2D eigenvalue weighted by atomic mass is 10.1. The van der Waals surface area contributed by atoms with Gasteiger partial charge in [0, 0.05) is 13.0 Å². The van der Waals surface area contributed by atoms with Crippen molar-refractivity contribution in [2.75, 3.05) is 12.4 Å². The Bertz CT molecular complexity index is 445. The molecule has 0 radical (unpaired) electrons. The molecule has 0 unspecified atom stereocenters. The first-order chi connectivity index (χ1) is 7.45. The van der Waals surface area contributed by atoms with E-state index in [9.17, 15) is 14.0 Å². The molecule has 0 heterocycles. The van der Waals surface area contributed by atoms with E-state index in [-0.39, 0.29) is 17.0 Å². The van der Waals surface area contributed by atoms with Gasteiger partial charge in [-0.15, -0.1) is 0 Å². The first kappa shape index (κ1) is 12.0. The van der Waals surface area contributed by atoms with Crippen molar-refractivity contribution >= 4 is 17.6 Å². The molecule has 0 bridgehead atoms. The number of carbonyl (C=O) groups excluding carboxylic acids is 1. The molecule has 1 aromatic rings. The minimum absolute atomic E-state index is 0.0161. The molecule has 0 aromatic heterocycles. The van der Waals surface area contributed by atoms with Crippen LogP contribution in [-0.2, 0) is 4.79 Å². The molecule has 1 amide bonds. The average molecular weight is 227 g/mol. The fourth-order valence-electron chi connectivity index (χ4n) is 1.17. The summed E-state index contributed by atoms with van der Waals surface area (Å²) in [6, 6.07) is 1.92. The van der Waals surface area contributed by atoms with Gasteiger partial charge < -0.3 is 15.2 Å². The maximum Gasteiger partial charge on any atom is 0.339 e. The Morgan fingerprint density at radius 2 is 2.06 bits per heavy atom. The van der Waals surface area contributed by atoms with Crippen LogP contribution in [0, 0.1) is 5.82 Å². The largest absolute Gasteiger partial charge is 0.496 e. The Hall–Kier alpha value is -2.11. The third-order valence-corrected chi connectivity index (χ3v) is 1.83. The molecule has 0 spiro atoms. The number of methoxy groups -OCH3 is 1. The van der Waals surface area contributed by atoms with Gasteiger partial charge >= 0.3 is 5.97 Å². The van der Waals surface area contributed by atoms with Gasteiger partial charge in [-0.1, -0.05) is 0 Å². The summed E-state index contributed by atoms with van der Waals surface area (Å²) >= 11 is 0. The molecular formula is C10H10FNO4. The number of carboxylic acids is 1. The summed E-state index contributed by atoms with van der Waals surface area (Å²) in [5.41, 5.74) is -0.413. The highest BCUT2D eigenvalue weighted by Gasteiger charge is 2.16. The van der Waals surface area contributed by atoms with Gasteiger partial charge in [-0.3, -0.25) is 4.79 Å². The number of benzene rings is 1. The second-order valence-corrected chi connectivity index (χ2v) is 3.02. The van der Waals surface area contributed by atoms with Gasteiger partial charge in [-0.25, -0.2) is 9.18 Å². The Morgan fingerprint density at radius 3 is 2.50 bits per heavy atom. The Balaban J connectivity index is 3.25. The maximum atomic E-state index is 13.4. The summed E-state index contributed by atoms with van der Waals surface area (Å²) in [5, 5.41) is 11.0. The first-order valence-electron chi connectivity index (χ1n) is 4.34. The zero-order valence-electron chi connectivity index (χ0n) is 8.70. The number of nitrogens with one attached hydrogen (secondary N) is 1. The third-order valence-electron chi connectivity index (χ3n) is 1.83. The van der Waals surface area contributed by atoms with E-state index in [1.54, 1.807) is 0 Å². The van der Waals surface area contributed by atoms with Gasteiger partial charge in [0.2, 0.25) is 5.91 Å². The predicted octanol–water partition coefficient (Wildman–Crippen LogP) is 1.49. The molecular weight excluding hydrogens is 217 g/mol. The van der Waals surface area contributed by atoms with E-state index < -0.39 is 17.7 Å². The van der Waals surface area contributed by atoms with Crippen molar-refractivity contribution in [2.24, 2.45) is 0 Å². The van der Waals surface area contributed by atoms with Crippen LogP contribution in [0.25, 0.3) is 0 Å². The molecule has 0 aliphatic rings. The van der Waals surface area contributed by atoms with Crippen LogP contribution in [0.5, 0.6) is 5.75 Å². The van der Waals surface area contributed by atoms with Crippen LogP contribution in [0.1, 0.15) is 17.3 Å². The van der Waals surface area contributed by atoms with Crippen molar-refractivity contribution in [1.29, 1.82) is 0 Å². The summed E-state index contributed by atoms with van der Waals surface area (Å²) in [4.78, 5) is 21.5. The van der Waals surface area contributed by atoms with Gasteiger partial charge in [0.1, 0.15) is 17.1 Å². The summed E-state index contributed by atoms with van der Waals surface area (Å²) in [7, 11) is 1.26. The van der Waals surface area contributed by atoms with Crippen LogP contribution in [0.4, 0.5) is 10.1 Å². The Morgan fingerprint density at radius 1 is 1.44 bits per heavy atom. The summed E-state index contributed by atoms with van der Waals surface area (Å²) in [6.07, 6.45) is 0. The van der Waals surface area contributed by atoms with Gasteiger partial charge in [-0.2, -0.15) is 0 Å². The lowest BCUT2D eigenvalue weighted by molar-refractivity contribution is -0.114. The van der Waals surface area contributed by atoms with E-state index in [1.807, 2.05) is 0 Å². The molecule has 0 aliphatic carbocycles. The number of ether oxygens (including phenoxy) is 1. The molecule has 0 atom stereocenters. The molecule has 1 rings (SSSR count). The Kier molecular flexibility index (Phi) is 3.44. The number of hydrogen-bond donors (Lipinski definition) is 2. The molecule has 86 valence electrons. The van der Waals surface area contributed by atoms with Crippen LogP contribution in [0.2, 0.25) is 0 Å². The molecule has 0 saturated heterocycles. The lowest BCUT2D eigenvalue weighted by Gasteiger charge is -2.09. The maximum absolute atomic E-state index is 13.4. The van der Waals surface area contributed by atoms with Gasteiger partial charge in [0.25, 0.3) is 0 Å². The van der Waals surface area contributed by atoms with Gasteiger partial charge in [-0.05, 0) is 6.07 Å². The highest BCUT2D eigenvalue weighted by atomic mass is 19.1. The van der Waals surface area contributed by atoms with Crippen LogP contribution < -0.4 is 10.1 Å². The van der Waals surface area contributed by atoms with Crippen LogP contribution in [0.15, 0.2) is 12.1 Å². The number of anilines is 1. The van der Waals surface area contributed by atoms with E-state index in [0.29, 0.717) is 0 Å². The van der Waals surface area contributed by atoms with Gasteiger partial charge in [0.15, 0.2) is 0 Å². The fourth-order valence-corrected chi connectivity index (χ4v) is 1.17. The van der Waals surface area contributed by atoms with Crippen LogP contribution in [-0.4, -0.2) is 24.1 Å². The number of rotatable bonds is 3. The minimum Gasteiger partial charge on any atom is -0.496 e. The smallest absolute Gasteiger partial charge is 0.339 e. The minimum atomic E-state index is -1.30. The molecule has 5 nitrogen and oxygen atoms in total. The average Bonchev–Trinajstić information content (AvgIpc) is 2.19. The Labute approximate surface area is 90.8 Å². The van der Waals surface area contributed by atoms with E-state index >= 15 is 0 Å². The normalized spacial score (nSPS) is 9.69. The molecule has 0 aliphatic heterocycles. The summed E-state index contributed by atoms with van der Waals surface area (Å²) < 4.78 is 18.1. The number of amides is 1. The number of hydrogen-bond acceptors (Lipinski definition) is 3. The van der Waals surface area contributed by atoms with Crippen LogP contribution >= 0.6 is 0 Å². The van der Waals surface area contributed by atoms with Crippen molar-refractivity contribution in [1.82, 2.24) is 0 Å². The number of carbonyl (C=O) groups is 2. The molecule has 1 aromatic carbocycles. The number of carboxylic acid groups (broad SMARTS) is 1. The molecule has 2 N–H and O–H groups in total. The zero-order valence-corrected chi connectivity index (χ0v) is 8.70. The zero-order chi connectivity index (χ0) is 12.3. The topological polar surface area (TPSA) is 75.6 Å². The van der Waals surface area contributed by atoms with Crippen LogP contribution in [0.3, 0.4) is 0 Å². The molecule has 0 fully saturated rings. The summed E-state index contributed by atoms with van der Waals surface area (Å²) in [6.45, 7) is 1.22. The lowest BCUT2D eigenvalue weighted by Crippen LogP contribution is -2.09. The summed E-state index contributed by atoms with van der Waals surface area (Å²) in [5.74, 6) is -2.60. The van der Waals surface area contributed by atoms with Gasteiger partial charge in [0.05, 0.1) is 12.8 Å². The van der Waals surface area contributed by atoms with Crippen molar-refractivity contribution < 1.29 is 23.8 Å². The second-order valence-electron chi connectivity index (χ2n) is 3.02. The van der Waals surface area contributed by atoms with E-state index in [1.165, 1.54) is 14.0 Å². The SMILES string of the molecule is COc1cc(NC(C)=O)c(F)cc1C(=O)O. The number of halogens is 1. The molecule has 0 saturated carbocycles. The van der Waals surface area contributed by atoms with Crippen molar-refractivity contribution in [3.05, 3.63) is 23.5 Å². The molecule has 6 heteroatoms. The standard InChI is InChI=1S/C10H10FNO4/c1-5(13)12-8-4-9(16-2)6(10(14)15)3-7(8)11/h3-4H,1-2H3,(H,12,13)(H,14,15).